The summed E-state index contributed by atoms with van der Waals surface area (Å²) in [6, 6.07) is 12.3. The number of carboxylic acids is 1. The molecule has 2 N–H and O–H groups in total. The molecule has 0 saturated carbocycles. The molecule has 1 atom stereocenters. The number of halogens is 1. The lowest BCUT2D eigenvalue weighted by Gasteiger charge is -2.33. The first kappa shape index (κ1) is 24.2. The fourth-order valence-corrected chi connectivity index (χ4v) is 6.07. The second kappa shape index (κ2) is 9.28. The third kappa shape index (κ3) is 4.43. The van der Waals surface area contributed by atoms with Crippen LogP contribution in [0.1, 0.15) is 41.5 Å². The largest absolute Gasteiger partial charge is 0.481 e. The summed E-state index contributed by atoms with van der Waals surface area (Å²) in [5.41, 5.74) is 6.41. The predicted molar refractivity (Wildman–Crippen MR) is 143 cm³/mol. The fraction of sp³-hybridized carbons (Fsp3) is 0.393. The van der Waals surface area contributed by atoms with E-state index in [1.807, 2.05) is 36.1 Å². The van der Waals surface area contributed by atoms with Crippen molar-refractivity contribution in [3.8, 4) is 0 Å². The quantitative estimate of drug-likeness (QED) is 0.477. The number of likely N-dealkylation sites (N-methyl/N-ethyl adjacent to an activating group) is 1. The Morgan fingerprint density at radius 2 is 2.11 bits per heavy atom. The van der Waals surface area contributed by atoms with E-state index in [0.717, 1.165) is 49.7 Å². The smallest absolute Gasteiger partial charge is 0.304 e. The SMILES string of the molecule is CN1CCc2c(cc(Nc3ncc(Cl)c(N4CC(C)(CC(=O)O)c5ccccc54)n3)cc2C2COC2)C1. The molecule has 0 spiro atoms. The first-order valence-corrected chi connectivity index (χ1v) is 13.0. The molecule has 3 aliphatic heterocycles. The molecule has 3 aromatic rings. The van der Waals surface area contributed by atoms with Gasteiger partial charge in [-0.15, -0.1) is 0 Å². The van der Waals surface area contributed by atoms with Gasteiger partial charge in [0.1, 0.15) is 5.02 Å². The van der Waals surface area contributed by atoms with E-state index in [1.165, 1.54) is 16.7 Å². The third-order valence-electron chi connectivity index (χ3n) is 7.77. The van der Waals surface area contributed by atoms with E-state index in [4.69, 9.17) is 21.3 Å². The normalized spacial score (nSPS) is 21.3. The van der Waals surface area contributed by atoms with Gasteiger partial charge in [0.2, 0.25) is 5.95 Å². The van der Waals surface area contributed by atoms with Crippen LogP contribution in [-0.4, -0.2) is 59.3 Å². The first-order chi connectivity index (χ1) is 17.8. The molecule has 6 rings (SSSR count). The van der Waals surface area contributed by atoms with E-state index < -0.39 is 11.4 Å². The topological polar surface area (TPSA) is 90.8 Å². The van der Waals surface area contributed by atoms with Crippen molar-refractivity contribution in [1.29, 1.82) is 0 Å². The number of nitrogens with zero attached hydrogens (tertiary/aromatic N) is 4. The van der Waals surface area contributed by atoms with Gasteiger partial charge in [-0.3, -0.25) is 4.79 Å². The molecule has 9 heteroatoms. The van der Waals surface area contributed by atoms with Gasteiger partial charge in [0, 0.05) is 42.3 Å². The molecule has 2 aromatic carbocycles. The summed E-state index contributed by atoms with van der Waals surface area (Å²) in [4.78, 5) is 25.3. The van der Waals surface area contributed by atoms with Crippen LogP contribution in [0.2, 0.25) is 5.02 Å². The summed E-state index contributed by atoms with van der Waals surface area (Å²) in [6.07, 6.45) is 2.67. The van der Waals surface area contributed by atoms with Gasteiger partial charge in [-0.05, 0) is 53.9 Å². The van der Waals surface area contributed by atoms with Crippen molar-refractivity contribution >= 4 is 40.7 Å². The molecule has 8 nitrogen and oxygen atoms in total. The van der Waals surface area contributed by atoms with Gasteiger partial charge in [-0.25, -0.2) is 4.98 Å². The molecule has 1 saturated heterocycles. The average molecular weight is 520 g/mol. The number of hydrogen-bond donors (Lipinski definition) is 2. The van der Waals surface area contributed by atoms with E-state index in [1.54, 1.807) is 6.20 Å². The second-order valence-corrected chi connectivity index (χ2v) is 11.1. The molecule has 0 bridgehead atoms. The fourth-order valence-electron chi connectivity index (χ4n) is 5.88. The Labute approximate surface area is 221 Å². The summed E-state index contributed by atoms with van der Waals surface area (Å²) < 4.78 is 5.50. The Hall–Kier alpha value is -3.20. The van der Waals surface area contributed by atoms with Crippen molar-refractivity contribution in [3.05, 3.63) is 69.9 Å². The predicted octanol–water partition coefficient (Wildman–Crippen LogP) is 4.86. The Kier molecular flexibility index (Phi) is 6.06. The first-order valence-electron chi connectivity index (χ1n) is 12.6. The minimum Gasteiger partial charge on any atom is -0.481 e. The highest BCUT2D eigenvalue weighted by atomic mass is 35.5. The van der Waals surface area contributed by atoms with Crippen molar-refractivity contribution in [2.45, 2.75) is 37.6 Å². The van der Waals surface area contributed by atoms with E-state index in [-0.39, 0.29) is 6.42 Å². The number of aliphatic carboxylic acids is 1. The number of anilines is 4. The molecule has 192 valence electrons. The lowest BCUT2D eigenvalue weighted by molar-refractivity contribution is -0.138. The van der Waals surface area contributed by atoms with Crippen LogP contribution < -0.4 is 10.2 Å². The summed E-state index contributed by atoms with van der Waals surface area (Å²) >= 11 is 6.62. The van der Waals surface area contributed by atoms with Crippen molar-refractivity contribution < 1.29 is 14.6 Å². The second-order valence-electron chi connectivity index (χ2n) is 10.6. The number of rotatable bonds is 6. The summed E-state index contributed by atoms with van der Waals surface area (Å²) in [7, 11) is 2.15. The van der Waals surface area contributed by atoms with E-state index in [2.05, 4.69) is 34.4 Å². The molecular formula is C28H30ClN5O3. The minimum atomic E-state index is -0.832. The van der Waals surface area contributed by atoms with Gasteiger partial charge in [-0.2, -0.15) is 4.98 Å². The van der Waals surface area contributed by atoms with Crippen molar-refractivity contribution in [2.24, 2.45) is 0 Å². The van der Waals surface area contributed by atoms with Crippen LogP contribution in [0.15, 0.2) is 42.6 Å². The highest BCUT2D eigenvalue weighted by Gasteiger charge is 2.42. The Balaban J connectivity index is 1.34. The zero-order valence-corrected chi connectivity index (χ0v) is 21.8. The molecule has 0 radical (unpaired) electrons. The number of para-hydroxylation sites is 1. The zero-order valence-electron chi connectivity index (χ0n) is 21.0. The van der Waals surface area contributed by atoms with Crippen molar-refractivity contribution in [2.75, 3.05) is 43.6 Å². The van der Waals surface area contributed by atoms with Crippen LogP contribution in [0.3, 0.4) is 0 Å². The van der Waals surface area contributed by atoms with Crippen LogP contribution in [0.4, 0.5) is 23.1 Å². The number of benzene rings is 2. The molecule has 1 aromatic heterocycles. The van der Waals surface area contributed by atoms with Gasteiger partial charge < -0.3 is 25.0 Å². The van der Waals surface area contributed by atoms with Crippen LogP contribution >= 0.6 is 11.6 Å². The Bertz CT molecular complexity index is 1380. The van der Waals surface area contributed by atoms with Crippen LogP contribution in [0.5, 0.6) is 0 Å². The third-order valence-corrected chi connectivity index (χ3v) is 8.04. The molecule has 37 heavy (non-hydrogen) atoms. The summed E-state index contributed by atoms with van der Waals surface area (Å²) in [6.45, 7) is 5.93. The maximum Gasteiger partial charge on any atom is 0.304 e. The Morgan fingerprint density at radius 3 is 2.86 bits per heavy atom. The molecule has 3 aliphatic rings. The van der Waals surface area contributed by atoms with Gasteiger partial charge in [0.15, 0.2) is 5.82 Å². The van der Waals surface area contributed by atoms with E-state index in [9.17, 15) is 9.90 Å². The highest BCUT2D eigenvalue weighted by molar-refractivity contribution is 6.33. The number of aromatic nitrogens is 2. The van der Waals surface area contributed by atoms with Crippen LogP contribution in [0, 0.1) is 0 Å². The average Bonchev–Trinajstić information content (AvgIpc) is 3.10. The van der Waals surface area contributed by atoms with Gasteiger partial charge in [0.25, 0.3) is 0 Å². The monoisotopic (exact) mass is 519 g/mol. The highest BCUT2D eigenvalue weighted by Crippen LogP contribution is 2.47. The minimum absolute atomic E-state index is 0.0194. The lowest BCUT2D eigenvalue weighted by Crippen LogP contribution is -2.31. The van der Waals surface area contributed by atoms with Gasteiger partial charge >= 0.3 is 5.97 Å². The summed E-state index contributed by atoms with van der Waals surface area (Å²) in [5, 5.41) is 13.4. The number of carboxylic acid groups (broad SMARTS) is 1. The molecule has 1 fully saturated rings. The number of hydrogen-bond acceptors (Lipinski definition) is 7. The molecule has 1 unspecified atom stereocenters. The molecular weight excluding hydrogens is 490 g/mol. The van der Waals surface area contributed by atoms with Crippen molar-refractivity contribution in [3.63, 3.8) is 0 Å². The number of nitrogens with one attached hydrogen (secondary N) is 1. The van der Waals surface area contributed by atoms with E-state index >= 15 is 0 Å². The maximum absolute atomic E-state index is 11.7. The van der Waals surface area contributed by atoms with Gasteiger partial charge in [-0.1, -0.05) is 36.7 Å². The maximum atomic E-state index is 11.7. The standard InChI is InChI=1S/C28H30ClN5O3/c1-28(11-25(35)36)16-34(24-6-4-3-5-22(24)28)26-23(29)12-30-27(32-26)31-19-9-17-13-33(2)8-7-20(17)21(10-19)18-14-37-15-18/h3-6,9-10,12,18H,7-8,11,13-16H2,1-2H3,(H,35,36)(H,30,31,32). The number of fused-ring (bicyclic) bond motifs is 2. The number of ether oxygens (including phenoxy) is 1. The Morgan fingerprint density at radius 1 is 1.30 bits per heavy atom. The number of carbonyl (C=O) groups is 1. The van der Waals surface area contributed by atoms with Crippen LogP contribution in [0.25, 0.3) is 0 Å². The van der Waals surface area contributed by atoms with Gasteiger partial charge in [0.05, 0.1) is 25.8 Å². The molecule has 0 aliphatic carbocycles. The van der Waals surface area contributed by atoms with Crippen molar-refractivity contribution in [1.82, 2.24) is 14.9 Å². The molecule has 0 amide bonds. The molecule has 4 heterocycles. The van der Waals surface area contributed by atoms with E-state index in [0.29, 0.717) is 29.3 Å². The van der Waals surface area contributed by atoms with Crippen LogP contribution in [-0.2, 0) is 27.9 Å². The lowest BCUT2D eigenvalue weighted by atomic mass is 9.81. The summed E-state index contributed by atoms with van der Waals surface area (Å²) in [5.74, 6) is 0.601. The zero-order chi connectivity index (χ0) is 25.7.